The van der Waals surface area contributed by atoms with Gasteiger partial charge in [-0.05, 0) is 72.9 Å². The molecule has 2 bridgehead atoms. The lowest BCUT2D eigenvalue weighted by Gasteiger charge is -2.37. The molecule has 2 saturated carbocycles. The smallest absolute Gasteiger partial charge is 0.255 e. The number of imide groups is 1. The Labute approximate surface area is 174 Å². The average Bonchev–Trinajstić information content (AvgIpc) is 3.52. The van der Waals surface area contributed by atoms with Crippen molar-refractivity contribution in [2.75, 3.05) is 10.2 Å². The molecule has 30 heavy (non-hydrogen) atoms. The lowest BCUT2D eigenvalue weighted by molar-refractivity contribution is -0.124. The Kier molecular flexibility index (Phi) is 3.61. The summed E-state index contributed by atoms with van der Waals surface area (Å²) in [5, 5.41) is 2.89. The molecule has 4 aliphatic carbocycles. The minimum absolute atomic E-state index is 0.106. The van der Waals surface area contributed by atoms with Gasteiger partial charge in [-0.2, -0.15) is 0 Å². The van der Waals surface area contributed by atoms with Crippen molar-refractivity contribution in [3.05, 3.63) is 71.8 Å². The van der Waals surface area contributed by atoms with Crippen LogP contribution in [0.1, 0.15) is 22.3 Å². The molecule has 1 heterocycles. The number of amides is 3. The van der Waals surface area contributed by atoms with Gasteiger partial charge in [-0.3, -0.25) is 14.4 Å². The van der Waals surface area contributed by atoms with Crippen molar-refractivity contribution in [1.82, 2.24) is 0 Å². The summed E-state index contributed by atoms with van der Waals surface area (Å²) < 4.78 is 0. The Morgan fingerprint density at radius 1 is 0.933 bits per heavy atom. The van der Waals surface area contributed by atoms with Crippen LogP contribution in [0.15, 0.2) is 60.7 Å². The maximum Gasteiger partial charge on any atom is 0.255 e. The first-order valence-corrected chi connectivity index (χ1v) is 10.6. The highest BCUT2D eigenvalue weighted by Crippen LogP contribution is 2.65. The predicted octanol–water partition coefficient (Wildman–Crippen LogP) is 3.80. The van der Waals surface area contributed by atoms with E-state index in [1.807, 2.05) is 31.2 Å². The van der Waals surface area contributed by atoms with Crippen LogP contribution in [0.2, 0.25) is 0 Å². The van der Waals surface area contributed by atoms with Crippen LogP contribution in [0.5, 0.6) is 0 Å². The molecule has 0 radical (unpaired) electrons. The zero-order valence-electron chi connectivity index (χ0n) is 16.6. The second-order valence-corrected chi connectivity index (χ2v) is 9.04. The summed E-state index contributed by atoms with van der Waals surface area (Å²) in [4.78, 5) is 40.7. The first kappa shape index (κ1) is 17.6. The summed E-state index contributed by atoms with van der Waals surface area (Å²) in [5.74, 6) is 0.591. The Morgan fingerprint density at radius 3 is 2.27 bits per heavy atom. The number of anilines is 2. The quantitative estimate of drug-likeness (QED) is 0.632. The molecular weight excluding hydrogens is 376 g/mol. The standard InChI is InChI=1S/C25H22N2O3/c1-13-4-2-6-15(10-13)26-23(28)14-5-3-7-16(11-14)27-24(29)21-17-8-9-18(20-12-19(17)20)22(21)25(27)30/h2-11,17-22H,12H2,1H3,(H,26,28)/t17-,18-,19-,20-,21+,22+/m1/s1. The van der Waals surface area contributed by atoms with E-state index in [4.69, 9.17) is 0 Å². The van der Waals surface area contributed by atoms with Gasteiger partial charge in [-0.25, -0.2) is 4.90 Å². The van der Waals surface area contributed by atoms with Crippen molar-refractivity contribution in [3.8, 4) is 0 Å². The first-order valence-electron chi connectivity index (χ1n) is 10.6. The van der Waals surface area contributed by atoms with E-state index < -0.39 is 0 Å². The van der Waals surface area contributed by atoms with E-state index in [1.54, 1.807) is 24.3 Å². The highest BCUT2D eigenvalue weighted by atomic mass is 16.2. The molecule has 0 aromatic heterocycles. The fourth-order valence-corrected chi connectivity index (χ4v) is 5.92. The molecule has 2 aromatic rings. The van der Waals surface area contributed by atoms with E-state index in [1.165, 1.54) is 4.90 Å². The third kappa shape index (κ3) is 2.44. The van der Waals surface area contributed by atoms with Crippen LogP contribution in [-0.2, 0) is 9.59 Å². The molecule has 5 aliphatic rings. The van der Waals surface area contributed by atoms with Crippen molar-refractivity contribution in [3.63, 3.8) is 0 Å². The van der Waals surface area contributed by atoms with E-state index in [-0.39, 0.29) is 41.4 Å². The van der Waals surface area contributed by atoms with Crippen LogP contribution < -0.4 is 10.2 Å². The molecule has 0 spiro atoms. The minimum Gasteiger partial charge on any atom is -0.322 e. The monoisotopic (exact) mass is 398 g/mol. The van der Waals surface area contributed by atoms with E-state index in [0.717, 1.165) is 12.0 Å². The lowest BCUT2D eigenvalue weighted by atomic mass is 9.63. The molecule has 2 aromatic carbocycles. The van der Waals surface area contributed by atoms with Crippen LogP contribution in [0.4, 0.5) is 11.4 Å². The number of benzene rings is 2. The van der Waals surface area contributed by atoms with E-state index in [0.29, 0.717) is 28.8 Å². The summed E-state index contributed by atoms with van der Waals surface area (Å²) in [6, 6.07) is 14.4. The van der Waals surface area contributed by atoms with E-state index in [2.05, 4.69) is 17.5 Å². The molecule has 0 unspecified atom stereocenters. The number of hydrogen-bond donors (Lipinski definition) is 1. The van der Waals surface area contributed by atoms with Gasteiger partial charge < -0.3 is 5.32 Å². The number of rotatable bonds is 3. The fourth-order valence-electron chi connectivity index (χ4n) is 5.92. The van der Waals surface area contributed by atoms with Crippen molar-refractivity contribution in [1.29, 1.82) is 0 Å². The molecule has 5 heteroatoms. The molecule has 1 aliphatic heterocycles. The molecule has 5 nitrogen and oxygen atoms in total. The molecule has 3 fully saturated rings. The van der Waals surface area contributed by atoms with Gasteiger partial charge in [0.05, 0.1) is 17.5 Å². The summed E-state index contributed by atoms with van der Waals surface area (Å²) >= 11 is 0. The molecule has 6 atom stereocenters. The molecular formula is C25H22N2O3. The van der Waals surface area contributed by atoms with Gasteiger partial charge in [-0.1, -0.05) is 30.4 Å². The van der Waals surface area contributed by atoms with Gasteiger partial charge in [0.2, 0.25) is 11.8 Å². The molecule has 1 N–H and O–H groups in total. The Morgan fingerprint density at radius 2 is 1.60 bits per heavy atom. The first-order chi connectivity index (χ1) is 14.5. The fraction of sp³-hybridized carbons (Fsp3) is 0.320. The van der Waals surface area contributed by atoms with Crippen LogP contribution in [-0.4, -0.2) is 17.7 Å². The minimum atomic E-state index is -0.262. The van der Waals surface area contributed by atoms with Gasteiger partial charge in [0.25, 0.3) is 5.91 Å². The molecule has 3 amide bonds. The number of nitrogens with zero attached hydrogens (tertiary/aromatic N) is 1. The predicted molar refractivity (Wildman–Crippen MR) is 113 cm³/mol. The number of carbonyl (C=O) groups is 3. The molecule has 1 saturated heterocycles. The second-order valence-electron chi connectivity index (χ2n) is 9.04. The van der Waals surface area contributed by atoms with Crippen LogP contribution in [0.3, 0.4) is 0 Å². The third-order valence-electron chi connectivity index (χ3n) is 7.31. The SMILES string of the molecule is Cc1cccc(NC(=O)c2cccc(N3C(=O)[C@H]4[C@@H]5C=C[C@H]([C@H]6C[C@H]56)[C@@H]4C3=O)c2)c1. The third-order valence-corrected chi connectivity index (χ3v) is 7.31. The van der Waals surface area contributed by atoms with Crippen molar-refractivity contribution < 1.29 is 14.4 Å². The maximum absolute atomic E-state index is 13.3. The second kappa shape index (κ2) is 6.14. The van der Waals surface area contributed by atoms with Gasteiger partial charge in [-0.15, -0.1) is 0 Å². The summed E-state index contributed by atoms with van der Waals surface area (Å²) in [7, 11) is 0. The highest BCUT2D eigenvalue weighted by Gasteiger charge is 2.67. The van der Waals surface area contributed by atoms with E-state index in [9.17, 15) is 14.4 Å². The summed E-state index contributed by atoms with van der Waals surface area (Å²) in [5.41, 5.74) is 2.68. The number of aryl methyl sites for hydroxylation is 1. The van der Waals surface area contributed by atoms with Crippen LogP contribution in [0, 0.1) is 42.4 Å². The number of hydrogen-bond acceptors (Lipinski definition) is 3. The van der Waals surface area contributed by atoms with Gasteiger partial charge in [0, 0.05) is 11.3 Å². The van der Waals surface area contributed by atoms with Gasteiger partial charge >= 0.3 is 0 Å². The number of nitrogens with one attached hydrogen (secondary N) is 1. The molecule has 7 rings (SSSR count). The molecule has 150 valence electrons. The average molecular weight is 398 g/mol. The largest absolute Gasteiger partial charge is 0.322 e. The number of carbonyl (C=O) groups excluding carboxylic acids is 3. The van der Waals surface area contributed by atoms with Crippen LogP contribution in [0.25, 0.3) is 0 Å². The van der Waals surface area contributed by atoms with Gasteiger partial charge in [0.15, 0.2) is 0 Å². The zero-order chi connectivity index (χ0) is 20.6. The topological polar surface area (TPSA) is 66.5 Å². The lowest BCUT2D eigenvalue weighted by Crippen LogP contribution is -2.40. The van der Waals surface area contributed by atoms with Gasteiger partial charge in [0.1, 0.15) is 0 Å². The highest BCUT2D eigenvalue weighted by molar-refractivity contribution is 6.23. The summed E-state index contributed by atoms with van der Waals surface area (Å²) in [6.45, 7) is 1.96. The van der Waals surface area contributed by atoms with Crippen molar-refractivity contribution in [2.45, 2.75) is 13.3 Å². The Hall–Kier alpha value is -3.21. The van der Waals surface area contributed by atoms with Crippen LogP contribution >= 0.6 is 0 Å². The van der Waals surface area contributed by atoms with Crippen molar-refractivity contribution in [2.24, 2.45) is 35.5 Å². The van der Waals surface area contributed by atoms with E-state index >= 15 is 0 Å². The zero-order valence-corrected chi connectivity index (χ0v) is 16.6. The Balaban J connectivity index is 1.29. The Bertz CT molecular complexity index is 1100. The van der Waals surface area contributed by atoms with Crippen molar-refractivity contribution >= 4 is 29.1 Å². The number of allylic oxidation sites excluding steroid dienone is 2. The normalized spacial score (nSPS) is 32.8. The maximum atomic E-state index is 13.3. The summed E-state index contributed by atoms with van der Waals surface area (Å²) in [6.07, 6.45) is 5.48.